The minimum atomic E-state index is 0.474. The number of nitrogen functional groups attached to an aromatic ring is 1. The molecule has 1 aliphatic carbocycles. The van der Waals surface area contributed by atoms with Crippen molar-refractivity contribution in [3.8, 4) is 0 Å². The summed E-state index contributed by atoms with van der Waals surface area (Å²) in [6, 6.07) is 15.0. The van der Waals surface area contributed by atoms with Gasteiger partial charge in [-0.3, -0.25) is 0 Å². The Morgan fingerprint density at radius 3 is 2.33 bits per heavy atom. The van der Waals surface area contributed by atoms with Gasteiger partial charge < -0.3 is 11.1 Å². The zero-order valence-electron chi connectivity index (χ0n) is 9.99. The van der Waals surface area contributed by atoms with Crippen LogP contribution in [0, 0.1) is 0 Å². The van der Waals surface area contributed by atoms with Crippen LogP contribution in [0.1, 0.15) is 11.1 Å². The van der Waals surface area contributed by atoms with Crippen LogP contribution in [0.4, 0.5) is 11.4 Å². The molecule has 0 aromatic heterocycles. The second-order valence-corrected chi connectivity index (χ2v) is 5.61. The van der Waals surface area contributed by atoms with E-state index in [2.05, 4.69) is 45.5 Å². The van der Waals surface area contributed by atoms with E-state index < -0.39 is 0 Å². The number of fused-ring (bicyclic) bond motifs is 1. The number of nitrogens with one attached hydrogen (secondary N) is 1. The van der Waals surface area contributed by atoms with Gasteiger partial charge in [0.05, 0.1) is 0 Å². The molecule has 3 rings (SSSR count). The molecule has 18 heavy (non-hydrogen) atoms. The Labute approximate surface area is 115 Å². The van der Waals surface area contributed by atoms with E-state index in [4.69, 9.17) is 5.73 Å². The number of nitrogens with two attached hydrogens (primary N) is 1. The molecule has 0 atom stereocenters. The van der Waals surface area contributed by atoms with Gasteiger partial charge in [-0.05, 0) is 58.1 Å². The maximum Gasteiger partial charge on any atom is 0.0488 e. The Morgan fingerprint density at radius 2 is 1.72 bits per heavy atom. The highest BCUT2D eigenvalue weighted by molar-refractivity contribution is 9.10. The van der Waals surface area contributed by atoms with Crippen molar-refractivity contribution in [1.29, 1.82) is 0 Å². The number of benzene rings is 2. The molecule has 92 valence electrons. The average molecular weight is 303 g/mol. The van der Waals surface area contributed by atoms with Crippen LogP contribution in [-0.4, -0.2) is 6.04 Å². The molecule has 3 N–H and O–H groups in total. The fourth-order valence-corrected chi connectivity index (χ4v) is 3.04. The lowest BCUT2D eigenvalue weighted by atomic mass is 10.1. The predicted molar refractivity (Wildman–Crippen MR) is 79.8 cm³/mol. The van der Waals surface area contributed by atoms with Crippen LogP contribution in [0.25, 0.3) is 0 Å². The van der Waals surface area contributed by atoms with Gasteiger partial charge in [-0.25, -0.2) is 0 Å². The number of anilines is 2. The minimum absolute atomic E-state index is 0.474. The van der Waals surface area contributed by atoms with Gasteiger partial charge in [0.2, 0.25) is 0 Å². The van der Waals surface area contributed by atoms with Crippen LogP contribution in [0.3, 0.4) is 0 Å². The Morgan fingerprint density at radius 1 is 1.06 bits per heavy atom. The molecule has 3 heteroatoms. The number of halogens is 1. The van der Waals surface area contributed by atoms with E-state index in [0.29, 0.717) is 6.04 Å². The summed E-state index contributed by atoms with van der Waals surface area (Å²) in [7, 11) is 0. The molecule has 0 spiro atoms. The first-order valence-corrected chi connectivity index (χ1v) is 6.90. The third-order valence-electron chi connectivity index (χ3n) is 3.40. The molecule has 0 amide bonds. The molecule has 0 aliphatic heterocycles. The normalized spacial score (nSPS) is 14.5. The van der Waals surface area contributed by atoms with Crippen LogP contribution < -0.4 is 11.1 Å². The van der Waals surface area contributed by atoms with Crippen molar-refractivity contribution in [2.24, 2.45) is 0 Å². The molecule has 0 bridgehead atoms. The summed E-state index contributed by atoms with van der Waals surface area (Å²) in [6.07, 6.45) is 2.18. The van der Waals surface area contributed by atoms with Crippen molar-refractivity contribution in [1.82, 2.24) is 0 Å². The average Bonchev–Trinajstić information content (AvgIpc) is 2.75. The van der Waals surface area contributed by atoms with Gasteiger partial charge in [-0.15, -0.1) is 0 Å². The summed E-state index contributed by atoms with van der Waals surface area (Å²) in [6.45, 7) is 0. The van der Waals surface area contributed by atoms with E-state index >= 15 is 0 Å². The molecule has 0 saturated heterocycles. The van der Waals surface area contributed by atoms with Gasteiger partial charge in [-0.2, -0.15) is 0 Å². The first-order valence-electron chi connectivity index (χ1n) is 6.11. The maximum absolute atomic E-state index is 5.75. The fraction of sp³-hybridized carbons (Fsp3) is 0.200. The first-order chi connectivity index (χ1) is 8.72. The molecule has 0 heterocycles. The highest BCUT2D eigenvalue weighted by atomic mass is 79.9. The number of hydrogen-bond acceptors (Lipinski definition) is 2. The van der Waals surface area contributed by atoms with Gasteiger partial charge in [-0.1, -0.05) is 24.3 Å². The van der Waals surface area contributed by atoms with Crippen LogP contribution in [0.15, 0.2) is 46.9 Å². The van der Waals surface area contributed by atoms with E-state index in [9.17, 15) is 0 Å². The Balaban J connectivity index is 1.76. The van der Waals surface area contributed by atoms with Gasteiger partial charge in [0, 0.05) is 21.9 Å². The Hall–Kier alpha value is -1.48. The van der Waals surface area contributed by atoms with Gasteiger partial charge >= 0.3 is 0 Å². The van der Waals surface area contributed by atoms with Gasteiger partial charge in [0.15, 0.2) is 0 Å². The summed E-state index contributed by atoms with van der Waals surface area (Å²) in [5.74, 6) is 0. The zero-order chi connectivity index (χ0) is 12.5. The molecule has 1 aliphatic rings. The number of rotatable bonds is 2. The van der Waals surface area contributed by atoms with Gasteiger partial charge in [0.25, 0.3) is 0 Å². The zero-order valence-corrected chi connectivity index (χ0v) is 11.6. The summed E-state index contributed by atoms with van der Waals surface area (Å²) in [5.41, 5.74) is 10.6. The summed E-state index contributed by atoms with van der Waals surface area (Å²) >= 11 is 3.55. The molecule has 2 aromatic rings. The first kappa shape index (κ1) is 11.6. The maximum atomic E-state index is 5.75. The SMILES string of the molecule is Nc1ccc(NC2Cc3ccccc3C2)c(Br)c1. The topological polar surface area (TPSA) is 38.0 Å². The molecule has 2 nitrogen and oxygen atoms in total. The molecule has 0 saturated carbocycles. The van der Waals surface area contributed by atoms with E-state index in [-0.39, 0.29) is 0 Å². The third-order valence-corrected chi connectivity index (χ3v) is 4.06. The highest BCUT2D eigenvalue weighted by Gasteiger charge is 2.20. The second kappa shape index (κ2) is 4.65. The standard InChI is InChI=1S/C15H15BrN2/c16-14-9-12(17)5-6-15(14)18-13-7-10-3-1-2-4-11(10)8-13/h1-6,9,13,18H,7-8,17H2. The second-order valence-electron chi connectivity index (χ2n) is 4.76. The van der Waals surface area contributed by atoms with Crippen molar-refractivity contribution in [3.63, 3.8) is 0 Å². The van der Waals surface area contributed by atoms with E-state index in [1.807, 2.05) is 18.2 Å². The summed E-state index contributed by atoms with van der Waals surface area (Å²) in [4.78, 5) is 0. The highest BCUT2D eigenvalue weighted by Crippen LogP contribution is 2.29. The molecular formula is C15H15BrN2. The molecular weight excluding hydrogens is 288 g/mol. The third kappa shape index (κ3) is 2.23. The number of hydrogen-bond donors (Lipinski definition) is 2. The van der Waals surface area contributed by atoms with Crippen molar-refractivity contribution < 1.29 is 0 Å². The monoisotopic (exact) mass is 302 g/mol. The molecule has 2 aromatic carbocycles. The predicted octanol–water partition coefficient (Wildman–Crippen LogP) is 3.61. The van der Waals surface area contributed by atoms with Crippen LogP contribution in [0.2, 0.25) is 0 Å². The van der Waals surface area contributed by atoms with Crippen LogP contribution >= 0.6 is 15.9 Å². The largest absolute Gasteiger partial charge is 0.399 e. The van der Waals surface area contributed by atoms with Crippen molar-refractivity contribution >= 4 is 27.3 Å². The van der Waals surface area contributed by atoms with Gasteiger partial charge in [0.1, 0.15) is 0 Å². The van der Waals surface area contributed by atoms with E-state index in [1.54, 1.807) is 0 Å². The Bertz CT molecular complexity index is 555. The van der Waals surface area contributed by atoms with Crippen LogP contribution in [-0.2, 0) is 12.8 Å². The van der Waals surface area contributed by atoms with Crippen molar-refractivity contribution in [2.75, 3.05) is 11.1 Å². The quantitative estimate of drug-likeness (QED) is 0.832. The van der Waals surface area contributed by atoms with Crippen molar-refractivity contribution in [2.45, 2.75) is 18.9 Å². The molecule has 0 radical (unpaired) electrons. The minimum Gasteiger partial charge on any atom is -0.399 e. The van der Waals surface area contributed by atoms with E-state index in [0.717, 1.165) is 28.7 Å². The lowest BCUT2D eigenvalue weighted by molar-refractivity contribution is 0.774. The van der Waals surface area contributed by atoms with Crippen LogP contribution in [0.5, 0.6) is 0 Å². The van der Waals surface area contributed by atoms with E-state index in [1.165, 1.54) is 11.1 Å². The van der Waals surface area contributed by atoms with Crippen molar-refractivity contribution in [3.05, 3.63) is 58.1 Å². The molecule has 0 unspecified atom stereocenters. The summed E-state index contributed by atoms with van der Waals surface area (Å²) < 4.78 is 1.03. The fourth-order valence-electron chi connectivity index (χ4n) is 2.53. The Kier molecular flexibility index (Phi) is 3.00. The summed E-state index contributed by atoms with van der Waals surface area (Å²) in [5, 5.41) is 3.58. The lowest BCUT2D eigenvalue weighted by Crippen LogP contribution is -2.19. The lowest BCUT2D eigenvalue weighted by Gasteiger charge is -2.15. The molecule has 0 fully saturated rings. The smallest absolute Gasteiger partial charge is 0.0488 e.